The Morgan fingerprint density at radius 3 is 2.67 bits per heavy atom. The SMILES string of the molecule is CCCCC(CC)COc1cc(C(=O)O)ccc1[N+](=O)[O-]. The zero-order valence-corrected chi connectivity index (χ0v) is 12.4. The van der Waals surface area contributed by atoms with Crippen molar-refractivity contribution in [3.05, 3.63) is 33.9 Å². The molecule has 1 atom stereocenters. The molecule has 0 heterocycles. The first kappa shape index (κ1) is 16.9. The van der Waals surface area contributed by atoms with Crippen molar-refractivity contribution in [2.24, 2.45) is 5.92 Å². The van der Waals surface area contributed by atoms with Crippen molar-refractivity contribution < 1.29 is 19.6 Å². The fourth-order valence-corrected chi connectivity index (χ4v) is 2.02. The van der Waals surface area contributed by atoms with Gasteiger partial charge in [-0.2, -0.15) is 0 Å². The molecule has 0 spiro atoms. The highest BCUT2D eigenvalue weighted by Gasteiger charge is 2.19. The number of ether oxygens (including phenoxy) is 1. The lowest BCUT2D eigenvalue weighted by Crippen LogP contribution is -2.12. The first-order chi connectivity index (χ1) is 9.99. The maximum absolute atomic E-state index is 11.0. The van der Waals surface area contributed by atoms with Gasteiger partial charge in [0.25, 0.3) is 0 Å². The Morgan fingerprint density at radius 1 is 1.43 bits per heavy atom. The van der Waals surface area contributed by atoms with E-state index in [1.54, 1.807) is 0 Å². The van der Waals surface area contributed by atoms with Crippen molar-refractivity contribution in [2.45, 2.75) is 39.5 Å². The second-order valence-electron chi connectivity index (χ2n) is 4.97. The summed E-state index contributed by atoms with van der Waals surface area (Å²) in [6.07, 6.45) is 4.09. The monoisotopic (exact) mass is 295 g/mol. The number of carboxylic acid groups (broad SMARTS) is 1. The van der Waals surface area contributed by atoms with Gasteiger partial charge in [-0.15, -0.1) is 0 Å². The van der Waals surface area contributed by atoms with E-state index in [1.807, 2.05) is 6.92 Å². The molecule has 0 saturated heterocycles. The third-order valence-corrected chi connectivity index (χ3v) is 3.42. The zero-order valence-electron chi connectivity index (χ0n) is 12.4. The van der Waals surface area contributed by atoms with Crippen LogP contribution in [0.1, 0.15) is 49.9 Å². The molecule has 1 aromatic carbocycles. The van der Waals surface area contributed by atoms with E-state index in [1.165, 1.54) is 18.2 Å². The van der Waals surface area contributed by atoms with Crippen LogP contribution < -0.4 is 4.74 Å². The van der Waals surface area contributed by atoms with E-state index in [0.717, 1.165) is 25.7 Å². The summed E-state index contributed by atoms with van der Waals surface area (Å²) in [7, 11) is 0. The van der Waals surface area contributed by atoms with Crippen molar-refractivity contribution in [3.63, 3.8) is 0 Å². The van der Waals surface area contributed by atoms with Crippen molar-refractivity contribution >= 4 is 11.7 Å². The van der Waals surface area contributed by atoms with E-state index >= 15 is 0 Å². The highest BCUT2D eigenvalue weighted by Crippen LogP contribution is 2.29. The lowest BCUT2D eigenvalue weighted by Gasteiger charge is -2.15. The molecule has 0 aromatic heterocycles. The average molecular weight is 295 g/mol. The molecule has 116 valence electrons. The highest BCUT2D eigenvalue weighted by atomic mass is 16.6. The lowest BCUT2D eigenvalue weighted by molar-refractivity contribution is -0.385. The number of aromatic carboxylic acids is 1. The first-order valence-corrected chi connectivity index (χ1v) is 7.14. The summed E-state index contributed by atoms with van der Waals surface area (Å²) in [5.41, 5.74) is -0.220. The van der Waals surface area contributed by atoms with Crippen LogP contribution in [0.15, 0.2) is 18.2 Å². The molecule has 0 aliphatic heterocycles. The normalized spacial score (nSPS) is 11.9. The fourth-order valence-electron chi connectivity index (χ4n) is 2.02. The minimum Gasteiger partial charge on any atom is -0.487 e. The molecule has 1 rings (SSSR count). The molecule has 1 N–H and O–H groups in total. The fraction of sp³-hybridized carbons (Fsp3) is 0.533. The second-order valence-corrected chi connectivity index (χ2v) is 4.97. The number of carbonyl (C=O) groups is 1. The summed E-state index contributed by atoms with van der Waals surface area (Å²) >= 11 is 0. The number of benzene rings is 1. The number of nitrogens with zero attached hydrogens (tertiary/aromatic N) is 1. The molecule has 0 aliphatic rings. The number of nitro groups is 1. The standard InChI is InChI=1S/C15H21NO5/c1-3-5-6-11(4-2)10-21-14-9-12(15(17)18)7-8-13(14)16(19)20/h7-9,11H,3-6,10H2,1-2H3,(H,17,18). The van der Waals surface area contributed by atoms with Crippen molar-refractivity contribution in [2.75, 3.05) is 6.61 Å². The van der Waals surface area contributed by atoms with E-state index in [-0.39, 0.29) is 17.0 Å². The number of carboxylic acids is 1. The third-order valence-electron chi connectivity index (χ3n) is 3.42. The minimum absolute atomic E-state index is 0.0165. The number of nitro benzene ring substituents is 1. The van der Waals surface area contributed by atoms with Crippen LogP contribution in [0.4, 0.5) is 5.69 Å². The van der Waals surface area contributed by atoms with Gasteiger partial charge in [-0.1, -0.05) is 33.1 Å². The Labute approximate surface area is 123 Å². The van der Waals surface area contributed by atoms with Gasteiger partial charge in [0.1, 0.15) is 0 Å². The van der Waals surface area contributed by atoms with Crippen LogP contribution in [0.25, 0.3) is 0 Å². The van der Waals surface area contributed by atoms with Crippen LogP contribution in [0.5, 0.6) is 5.75 Å². The van der Waals surface area contributed by atoms with E-state index in [0.29, 0.717) is 12.5 Å². The summed E-state index contributed by atoms with van der Waals surface area (Å²) in [4.78, 5) is 21.4. The molecule has 1 unspecified atom stereocenters. The Bertz CT molecular complexity index is 501. The van der Waals surface area contributed by atoms with Crippen LogP contribution in [-0.4, -0.2) is 22.6 Å². The maximum Gasteiger partial charge on any atom is 0.335 e. The Kier molecular flexibility index (Phi) is 6.65. The van der Waals surface area contributed by atoms with Gasteiger partial charge in [-0.3, -0.25) is 10.1 Å². The van der Waals surface area contributed by atoms with Crippen LogP contribution in [0, 0.1) is 16.0 Å². The van der Waals surface area contributed by atoms with Gasteiger partial charge in [0.05, 0.1) is 17.1 Å². The van der Waals surface area contributed by atoms with E-state index < -0.39 is 10.9 Å². The molecule has 0 bridgehead atoms. The van der Waals surface area contributed by atoms with E-state index in [4.69, 9.17) is 9.84 Å². The second kappa shape index (κ2) is 8.24. The van der Waals surface area contributed by atoms with Crippen LogP contribution in [-0.2, 0) is 0 Å². The van der Waals surface area contributed by atoms with Gasteiger partial charge < -0.3 is 9.84 Å². The maximum atomic E-state index is 11.0. The Balaban J connectivity index is 2.86. The first-order valence-electron chi connectivity index (χ1n) is 7.14. The molecule has 0 radical (unpaired) electrons. The summed E-state index contributed by atoms with van der Waals surface area (Å²) in [5, 5.41) is 19.9. The summed E-state index contributed by atoms with van der Waals surface area (Å²) in [5.74, 6) is -0.791. The quantitative estimate of drug-likeness (QED) is 0.551. The van der Waals surface area contributed by atoms with Gasteiger partial charge in [0.15, 0.2) is 5.75 Å². The number of hydrogen-bond acceptors (Lipinski definition) is 4. The highest BCUT2D eigenvalue weighted by molar-refractivity contribution is 5.88. The third kappa shape index (κ3) is 5.06. The van der Waals surface area contributed by atoms with E-state index in [2.05, 4.69) is 6.92 Å². The summed E-state index contributed by atoms with van der Waals surface area (Å²) < 4.78 is 5.53. The molecule has 0 amide bonds. The van der Waals surface area contributed by atoms with Crippen molar-refractivity contribution in [3.8, 4) is 5.75 Å². The van der Waals surface area contributed by atoms with Crippen LogP contribution in [0.2, 0.25) is 0 Å². The minimum atomic E-state index is -1.13. The number of hydrogen-bond donors (Lipinski definition) is 1. The molecule has 1 aromatic rings. The Morgan fingerprint density at radius 2 is 2.14 bits per heavy atom. The van der Waals surface area contributed by atoms with Gasteiger partial charge in [0.2, 0.25) is 0 Å². The summed E-state index contributed by atoms with van der Waals surface area (Å²) in [6.45, 7) is 4.51. The predicted molar refractivity (Wildman–Crippen MR) is 78.9 cm³/mol. The molecule has 6 heteroatoms. The van der Waals surface area contributed by atoms with Gasteiger partial charge in [-0.25, -0.2) is 4.79 Å². The Hall–Kier alpha value is -2.11. The van der Waals surface area contributed by atoms with Gasteiger partial charge in [-0.05, 0) is 18.4 Å². The van der Waals surface area contributed by atoms with Gasteiger partial charge >= 0.3 is 11.7 Å². The predicted octanol–water partition coefficient (Wildman–Crippen LogP) is 3.89. The lowest BCUT2D eigenvalue weighted by atomic mass is 10.0. The topological polar surface area (TPSA) is 89.7 Å². The van der Waals surface area contributed by atoms with Gasteiger partial charge in [0, 0.05) is 12.1 Å². The average Bonchev–Trinajstić information content (AvgIpc) is 2.46. The number of unbranched alkanes of at least 4 members (excludes halogenated alkanes) is 1. The van der Waals surface area contributed by atoms with Crippen molar-refractivity contribution in [1.29, 1.82) is 0 Å². The van der Waals surface area contributed by atoms with Crippen molar-refractivity contribution in [1.82, 2.24) is 0 Å². The van der Waals surface area contributed by atoms with Crippen LogP contribution >= 0.6 is 0 Å². The van der Waals surface area contributed by atoms with Crippen LogP contribution in [0.3, 0.4) is 0 Å². The summed E-state index contributed by atoms with van der Waals surface area (Å²) in [6, 6.07) is 3.60. The molecule has 21 heavy (non-hydrogen) atoms. The molecular weight excluding hydrogens is 274 g/mol. The molecular formula is C15H21NO5. The molecule has 0 aliphatic carbocycles. The smallest absolute Gasteiger partial charge is 0.335 e. The largest absolute Gasteiger partial charge is 0.487 e. The zero-order chi connectivity index (χ0) is 15.8. The molecule has 0 fully saturated rings. The molecule has 6 nitrogen and oxygen atoms in total. The molecule has 0 saturated carbocycles. The van der Waals surface area contributed by atoms with E-state index in [9.17, 15) is 14.9 Å². The number of rotatable bonds is 9.